The number of carbonyl (C=O) groups is 1. The molecule has 0 saturated heterocycles. The van der Waals surface area contributed by atoms with Gasteiger partial charge in [0.15, 0.2) is 11.5 Å². The number of hydrogen-bond donors (Lipinski definition) is 1. The molecule has 0 amide bonds. The first-order valence-electron chi connectivity index (χ1n) is 5.74. The Morgan fingerprint density at radius 2 is 2.15 bits per heavy atom. The minimum absolute atomic E-state index is 0.135. The fourth-order valence-electron chi connectivity index (χ4n) is 1.60. The van der Waals surface area contributed by atoms with Gasteiger partial charge in [-0.25, -0.2) is 4.79 Å². The maximum atomic E-state index is 10.9. The van der Waals surface area contributed by atoms with E-state index in [2.05, 4.69) is 4.98 Å². The Morgan fingerprint density at radius 3 is 2.80 bits per heavy atom. The van der Waals surface area contributed by atoms with Gasteiger partial charge in [0.1, 0.15) is 6.61 Å². The Labute approximate surface area is 120 Å². The maximum Gasteiger partial charge on any atom is 0.335 e. The van der Waals surface area contributed by atoms with Gasteiger partial charge in [-0.2, -0.15) is 0 Å². The predicted molar refractivity (Wildman–Crippen MR) is 73.5 cm³/mol. The third-order valence-electron chi connectivity index (χ3n) is 2.65. The second-order valence-electron chi connectivity index (χ2n) is 3.93. The summed E-state index contributed by atoms with van der Waals surface area (Å²) in [7, 11) is 1.45. The molecule has 104 valence electrons. The van der Waals surface area contributed by atoms with Crippen LogP contribution >= 0.6 is 11.6 Å². The minimum atomic E-state index is -1.02. The van der Waals surface area contributed by atoms with E-state index >= 15 is 0 Å². The van der Waals surface area contributed by atoms with Gasteiger partial charge in [0.05, 0.1) is 17.7 Å². The van der Waals surface area contributed by atoms with Crippen molar-refractivity contribution in [3.05, 3.63) is 52.8 Å². The molecule has 1 aromatic heterocycles. The molecule has 0 radical (unpaired) electrons. The summed E-state index contributed by atoms with van der Waals surface area (Å²) in [5, 5.41) is 9.43. The molecule has 20 heavy (non-hydrogen) atoms. The highest BCUT2D eigenvalue weighted by molar-refractivity contribution is 6.31. The van der Waals surface area contributed by atoms with Gasteiger partial charge < -0.3 is 14.6 Å². The molecule has 0 aliphatic carbocycles. The lowest BCUT2D eigenvalue weighted by Crippen LogP contribution is -2.01. The fraction of sp³-hybridized carbons (Fsp3) is 0.143. The van der Waals surface area contributed by atoms with Crippen LogP contribution in [0, 0.1) is 0 Å². The van der Waals surface area contributed by atoms with E-state index in [-0.39, 0.29) is 12.2 Å². The van der Waals surface area contributed by atoms with Crippen molar-refractivity contribution in [2.45, 2.75) is 6.61 Å². The Hall–Kier alpha value is -2.27. The Morgan fingerprint density at radius 1 is 1.35 bits per heavy atom. The number of carboxylic acid groups (broad SMARTS) is 1. The Kier molecular flexibility index (Phi) is 4.42. The van der Waals surface area contributed by atoms with Crippen LogP contribution in [0.3, 0.4) is 0 Å². The van der Waals surface area contributed by atoms with Crippen LogP contribution in [0.25, 0.3) is 0 Å². The van der Waals surface area contributed by atoms with Crippen LogP contribution in [0.2, 0.25) is 5.02 Å². The van der Waals surface area contributed by atoms with Crippen molar-refractivity contribution >= 4 is 17.6 Å². The van der Waals surface area contributed by atoms with E-state index in [1.54, 1.807) is 18.3 Å². The average molecular weight is 294 g/mol. The Balaban J connectivity index is 2.17. The van der Waals surface area contributed by atoms with E-state index in [1.807, 2.05) is 0 Å². The maximum absolute atomic E-state index is 10.9. The summed E-state index contributed by atoms with van der Waals surface area (Å²) in [4.78, 5) is 14.8. The molecule has 0 unspecified atom stereocenters. The summed E-state index contributed by atoms with van der Waals surface area (Å²) < 4.78 is 10.7. The summed E-state index contributed by atoms with van der Waals surface area (Å²) in [6.45, 7) is 0.240. The van der Waals surface area contributed by atoms with Gasteiger partial charge in [-0.3, -0.25) is 4.98 Å². The number of halogens is 1. The number of methoxy groups -OCH3 is 1. The van der Waals surface area contributed by atoms with Crippen LogP contribution in [0.15, 0.2) is 36.7 Å². The molecule has 1 N–H and O–H groups in total. The monoisotopic (exact) mass is 293 g/mol. The summed E-state index contributed by atoms with van der Waals surface area (Å²) >= 11 is 5.98. The number of rotatable bonds is 5. The highest BCUT2D eigenvalue weighted by Crippen LogP contribution is 2.29. The number of hydrogen-bond acceptors (Lipinski definition) is 4. The van der Waals surface area contributed by atoms with E-state index in [0.717, 1.165) is 5.56 Å². The highest BCUT2D eigenvalue weighted by atomic mass is 35.5. The number of ether oxygens (including phenoxy) is 2. The lowest BCUT2D eigenvalue weighted by atomic mass is 10.2. The molecule has 0 atom stereocenters. The number of benzene rings is 1. The first-order chi connectivity index (χ1) is 9.61. The van der Waals surface area contributed by atoms with Crippen LogP contribution in [-0.2, 0) is 6.61 Å². The van der Waals surface area contributed by atoms with Gasteiger partial charge in [0, 0.05) is 18.0 Å². The second-order valence-corrected chi connectivity index (χ2v) is 4.33. The van der Waals surface area contributed by atoms with Crippen LogP contribution in [0.1, 0.15) is 15.9 Å². The average Bonchev–Trinajstić information content (AvgIpc) is 2.46. The largest absolute Gasteiger partial charge is 0.493 e. The molecular weight excluding hydrogens is 282 g/mol. The summed E-state index contributed by atoms with van der Waals surface area (Å²) in [6, 6.07) is 6.16. The van der Waals surface area contributed by atoms with E-state index in [0.29, 0.717) is 16.5 Å². The predicted octanol–water partition coefficient (Wildman–Crippen LogP) is 3.02. The van der Waals surface area contributed by atoms with Crippen molar-refractivity contribution in [2.75, 3.05) is 7.11 Å². The van der Waals surface area contributed by atoms with Crippen molar-refractivity contribution in [1.29, 1.82) is 0 Å². The van der Waals surface area contributed by atoms with Crippen LogP contribution < -0.4 is 9.47 Å². The zero-order valence-corrected chi connectivity index (χ0v) is 11.4. The SMILES string of the molecule is COc1cc(C(=O)O)ccc1OCc1ccncc1Cl. The van der Waals surface area contributed by atoms with Gasteiger partial charge in [-0.15, -0.1) is 0 Å². The third-order valence-corrected chi connectivity index (χ3v) is 2.99. The molecule has 5 nitrogen and oxygen atoms in total. The van der Waals surface area contributed by atoms with E-state index in [4.69, 9.17) is 26.2 Å². The van der Waals surface area contributed by atoms with Crippen molar-refractivity contribution in [3.63, 3.8) is 0 Å². The topological polar surface area (TPSA) is 68.7 Å². The quantitative estimate of drug-likeness (QED) is 0.917. The van der Waals surface area contributed by atoms with Crippen molar-refractivity contribution in [2.24, 2.45) is 0 Å². The van der Waals surface area contributed by atoms with Gasteiger partial charge in [-0.1, -0.05) is 11.6 Å². The van der Waals surface area contributed by atoms with Crippen LogP contribution in [0.5, 0.6) is 11.5 Å². The summed E-state index contributed by atoms with van der Waals surface area (Å²) in [6.07, 6.45) is 3.15. The molecule has 0 spiro atoms. The molecule has 0 saturated carbocycles. The van der Waals surface area contributed by atoms with Crippen LogP contribution in [0.4, 0.5) is 0 Å². The van der Waals surface area contributed by atoms with Gasteiger partial charge >= 0.3 is 5.97 Å². The number of aromatic carboxylic acids is 1. The molecule has 1 heterocycles. The molecule has 0 fully saturated rings. The summed E-state index contributed by atoms with van der Waals surface area (Å²) in [5.41, 5.74) is 0.919. The second kappa shape index (κ2) is 6.25. The molecule has 6 heteroatoms. The fourth-order valence-corrected chi connectivity index (χ4v) is 1.77. The standard InChI is InChI=1S/C14H12ClNO4/c1-19-13-6-9(14(17)18)2-3-12(13)20-8-10-4-5-16-7-11(10)15/h2-7H,8H2,1H3,(H,17,18). The molecule has 1 aromatic carbocycles. The smallest absolute Gasteiger partial charge is 0.335 e. The van der Waals surface area contributed by atoms with Gasteiger partial charge in [0.25, 0.3) is 0 Å². The van der Waals surface area contributed by atoms with E-state index < -0.39 is 5.97 Å². The molecule has 0 aliphatic rings. The number of aromatic nitrogens is 1. The molecule has 2 aromatic rings. The third kappa shape index (κ3) is 3.19. The van der Waals surface area contributed by atoms with Crippen LogP contribution in [-0.4, -0.2) is 23.2 Å². The minimum Gasteiger partial charge on any atom is -0.493 e. The zero-order valence-electron chi connectivity index (χ0n) is 10.7. The first-order valence-corrected chi connectivity index (χ1v) is 6.12. The lowest BCUT2D eigenvalue weighted by molar-refractivity contribution is 0.0696. The van der Waals surface area contributed by atoms with Crippen molar-refractivity contribution in [3.8, 4) is 11.5 Å². The zero-order chi connectivity index (χ0) is 14.5. The number of nitrogens with zero attached hydrogens (tertiary/aromatic N) is 1. The van der Waals surface area contributed by atoms with Gasteiger partial charge in [0.2, 0.25) is 0 Å². The van der Waals surface area contributed by atoms with Gasteiger partial charge in [-0.05, 0) is 24.3 Å². The first kappa shape index (κ1) is 14.1. The lowest BCUT2D eigenvalue weighted by Gasteiger charge is -2.11. The number of pyridine rings is 1. The van der Waals surface area contributed by atoms with Crippen molar-refractivity contribution < 1.29 is 19.4 Å². The Bertz CT molecular complexity index is 630. The van der Waals surface area contributed by atoms with E-state index in [1.165, 1.54) is 25.4 Å². The molecule has 2 rings (SSSR count). The van der Waals surface area contributed by atoms with Crippen molar-refractivity contribution in [1.82, 2.24) is 4.98 Å². The molecular formula is C14H12ClNO4. The summed E-state index contributed by atoms with van der Waals surface area (Å²) in [5.74, 6) is -0.215. The molecule has 0 bridgehead atoms. The number of carboxylic acids is 1. The normalized spacial score (nSPS) is 10.1. The highest BCUT2D eigenvalue weighted by Gasteiger charge is 2.10. The molecule has 0 aliphatic heterocycles. The van der Waals surface area contributed by atoms with E-state index in [9.17, 15) is 4.79 Å².